The molecule has 0 radical (unpaired) electrons. The zero-order valence-electron chi connectivity index (χ0n) is 10.5. The molecule has 104 valence electrons. The Morgan fingerprint density at radius 1 is 1.60 bits per heavy atom. The maximum Gasteiger partial charge on any atom is 0.154 e. The van der Waals surface area contributed by atoms with Crippen molar-refractivity contribution in [2.24, 2.45) is 5.92 Å². The molecule has 3 rings (SSSR count). The summed E-state index contributed by atoms with van der Waals surface area (Å²) in [7, 11) is 0. The van der Waals surface area contributed by atoms with E-state index in [1.165, 1.54) is 17.1 Å². The molecule has 2 aromatic rings. The molecule has 7 heteroatoms. The number of fused-ring (bicyclic) bond motifs is 1. The van der Waals surface area contributed by atoms with Gasteiger partial charge in [0.2, 0.25) is 0 Å². The summed E-state index contributed by atoms with van der Waals surface area (Å²) in [4.78, 5) is 7.82. The number of aromatic nitrogens is 3. The summed E-state index contributed by atoms with van der Waals surface area (Å²) in [6, 6.07) is 0. The minimum atomic E-state index is -0.571. The van der Waals surface area contributed by atoms with Gasteiger partial charge in [-0.1, -0.05) is 5.92 Å². The van der Waals surface area contributed by atoms with Crippen molar-refractivity contribution in [1.82, 2.24) is 14.5 Å². The maximum atomic E-state index is 14.0. The van der Waals surface area contributed by atoms with Crippen LogP contribution in [-0.4, -0.2) is 32.4 Å². The zero-order valence-corrected chi connectivity index (χ0v) is 10.5. The van der Waals surface area contributed by atoms with E-state index in [1.807, 2.05) is 0 Å². The molecule has 0 aromatic carbocycles. The smallest absolute Gasteiger partial charge is 0.154 e. The lowest BCUT2D eigenvalue weighted by Crippen LogP contribution is -2.16. The van der Waals surface area contributed by atoms with Crippen molar-refractivity contribution < 1.29 is 14.2 Å². The number of nitrogens with two attached hydrogens (primary N) is 1. The molecule has 0 aliphatic carbocycles. The predicted molar refractivity (Wildman–Crippen MR) is 69.8 cm³/mol. The third-order valence-electron chi connectivity index (χ3n) is 3.48. The van der Waals surface area contributed by atoms with Gasteiger partial charge in [0, 0.05) is 6.20 Å². The van der Waals surface area contributed by atoms with Gasteiger partial charge in [-0.3, -0.25) is 0 Å². The van der Waals surface area contributed by atoms with E-state index >= 15 is 0 Å². The second-order valence-electron chi connectivity index (χ2n) is 4.68. The summed E-state index contributed by atoms with van der Waals surface area (Å²) in [5.74, 6) is 1.89. The topological polar surface area (TPSA) is 86.2 Å². The highest BCUT2D eigenvalue weighted by molar-refractivity contribution is 5.86. The van der Waals surface area contributed by atoms with Crippen molar-refractivity contribution in [2.45, 2.75) is 18.8 Å². The van der Waals surface area contributed by atoms with Gasteiger partial charge in [-0.2, -0.15) is 0 Å². The number of nitrogens with zero attached hydrogens (tertiary/aromatic N) is 3. The third-order valence-corrected chi connectivity index (χ3v) is 3.48. The van der Waals surface area contributed by atoms with Crippen molar-refractivity contribution >= 4 is 16.9 Å². The van der Waals surface area contributed by atoms with Gasteiger partial charge in [0.05, 0.1) is 24.0 Å². The fourth-order valence-corrected chi connectivity index (χ4v) is 2.53. The average molecular weight is 276 g/mol. The van der Waals surface area contributed by atoms with Crippen LogP contribution in [0, 0.1) is 24.1 Å². The molecule has 0 bridgehead atoms. The average Bonchev–Trinajstić information content (AvgIpc) is 3.00. The quantitative estimate of drug-likeness (QED) is 0.788. The first-order valence-electron chi connectivity index (χ1n) is 6.14. The number of nitrogen functional groups attached to an aromatic ring is 1. The molecule has 1 aliphatic rings. The van der Waals surface area contributed by atoms with Crippen molar-refractivity contribution in [2.75, 3.05) is 12.3 Å². The monoisotopic (exact) mass is 276 g/mol. The standard InChI is InChI=1S/C13H13FN4O2/c1-2-7-3-8(5-19)20-13(7)18-4-9(14)10-11(15)16-6-17-12(10)18/h1,4,6-8,13,19H,3,5H2,(H2,15,16,17). The number of hydrogen-bond acceptors (Lipinski definition) is 5. The number of rotatable bonds is 2. The third kappa shape index (κ3) is 1.81. The van der Waals surface area contributed by atoms with E-state index in [1.54, 1.807) is 0 Å². The molecule has 1 saturated heterocycles. The Balaban J connectivity index is 2.11. The second kappa shape index (κ2) is 4.74. The van der Waals surface area contributed by atoms with Crippen LogP contribution in [0.1, 0.15) is 12.6 Å². The van der Waals surface area contributed by atoms with E-state index in [9.17, 15) is 9.50 Å². The molecule has 1 aliphatic heterocycles. The van der Waals surface area contributed by atoms with E-state index in [2.05, 4.69) is 15.9 Å². The fraction of sp³-hybridized carbons (Fsp3) is 0.385. The van der Waals surface area contributed by atoms with E-state index in [4.69, 9.17) is 16.9 Å². The lowest BCUT2D eigenvalue weighted by Gasteiger charge is -2.17. The number of aliphatic hydroxyl groups excluding tert-OH is 1. The van der Waals surface area contributed by atoms with Crippen molar-refractivity contribution in [3.8, 4) is 12.3 Å². The van der Waals surface area contributed by atoms with Crippen LogP contribution in [0.25, 0.3) is 11.0 Å². The minimum Gasteiger partial charge on any atom is -0.394 e. The molecule has 6 nitrogen and oxygen atoms in total. The molecule has 1 fully saturated rings. The Bertz CT molecular complexity index is 693. The van der Waals surface area contributed by atoms with Gasteiger partial charge in [-0.05, 0) is 6.42 Å². The molecule has 0 saturated carbocycles. The van der Waals surface area contributed by atoms with E-state index < -0.39 is 12.0 Å². The van der Waals surface area contributed by atoms with Gasteiger partial charge >= 0.3 is 0 Å². The van der Waals surface area contributed by atoms with Crippen LogP contribution in [0.3, 0.4) is 0 Å². The second-order valence-corrected chi connectivity index (χ2v) is 4.68. The minimum absolute atomic E-state index is 0.0696. The van der Waals surface area contributed by atoms with E-state index in [0.717, 1.165) is 0 Å². The zero-order chi connectivity index (χ0) is 14.3. The van der Waals surface area contributed by atoms with Crippen LogP contribution >= 0.6 is 0 Å². The molecular formula is C13H13FN4O2. The highest BCUT2D eigenvalue weighted by Crippen LogP contribution is 2.37. The van der Waals surface area contributed by atoms with Crippen LogP contribution in [0.4, 0.5) is 10.2 Å². The molecule has 3 heterocycles. The number of terminal acetylenes is 1. The van der Waals surface area contributed by atoms with Crippen LogP contribution in [-0.2, 0) is 4.74 Å². The molecule has 3 N–H and O–H groups in total. The van der Waals surface area contributed by atoms with E-state index in [0.29, 0.717) is 12.1 Å². The molecule has 3 atom stereocenters. The Morgan fingerprint density at radius 3 is 3.10 bits per heavy atom. The Labute approximate surface area is 114 Å². The summed E-state index contributed by atoms with van der Waals surface area (Å²) in [6.07, 6.45) is 7.58. The van der Waals surface area contributed by atoms with Crippen molar-refractivity contribution in [3.63, 3.8) is 0 Å². The van der Waals surface area contributed by atoms with Gasteiger partial charge in [0.25, 0.3) is 0 Å². The van der Waals surface area contributed by atoms with Gasteiger partial charge in [0.1, 0.15) is 18.4 Å². The van der Waals surface area contributed by atoms with Gasteiger partial charge in [0.15, 0.2) is 11.5 Å². The predicted octanol–water partition coefficient (Wildman–Crippen LogP) is 0.682. The summed E-state index contributed by atoms with van der Waals surface area (Å²) in [6.45, 7) is -0.131. The first-order chi connectivity index (χ1) is 9.65. The lowest BCUT2D eigenvalue weighted by atomic mass is 10.0. The van der Waals surface area contributed by atoms with Crippen LogP contribution in [0.5, 0.6) is 0 Å². The largest absolute Gasteiger partial charge is 0.394 e. The maximum absolute atomic E-state index is 14.0. The summed E-state index contributed by atoms with van der Waals surface area (Å²) in [5.41, 5.74) is 6.00. The fourth-order valence-electron chi connectivity index (χ4n) is 2.53. The Kier molecular flexibility index (Phi) is 3.04. The SMILES string of the molecule is C#CC1CC(CO)OC1n1cc(F)c2c(N)ncnc21. The number of hydrogen-bond donors (Lipinski definition) is 2. The van der Waals surface area contributed by atoms with E-state index in [-0.39, 0.29) is 29.8 Å². The van der Waals surface area contributed by atoms with Crippen molar-refractivity contribution in [1.29, 1.82) is 0 Å². The first kappa shape index (κ1) is 12.8. The molecule has 3 unspecified atom stereocenters. The molecule has 2 aromatic heterocycles. The lowest BCUT2D eigenvalue weighted by molar-refractivity contribution is -0.0262. The Hall–Kier alpha value is -2.17. The van der Waals surface area contributed by atoms with Crippen LogP contribution in [0.2, 0.25) is 0 Å². The highest BCUT2D eigenvalue weighted by Gasteiger charge is 2.36. The van der Waals surface area contributed by atoms with Crippen LogP contribution < -0.4 is 5.73 Å². The summed E-state index contributed by atoms with van der Waals surface area (Å²) >= 11 is 0. The summed E-state index contributed by atoms with van der Waals surface area (Å²) < 4.78 is 21.2. The van der Waals surface area contributed by atoms with Gasteiger partial charge < -0.3 is 20.1 Å². The highest BCUT2D eigenvalue weighted by atomic mass is 19.1. The van der Waals surface area contributed by atoms with Gasteiger partial charge in [-0.25, -0.2) is 14.4 Å². The summed E-state index contributed by atoms with van der Waals surface area (Å²) in [5, 5.41) is 9.34. The number of ether oxygens (including phenoxy) is 1. The number of anilines is 1. The first-order valence-corrected chi connectivity index (χ1v) is 6.14. The van der Waals surface area contributed by atoms with Gasteiger partial charge in [-0.15, -0.1) is 6.42 Å². The Morgan fingerprint density at radius 2 is 2.40 bits per heavy atom. The van der Waals surface area contributed by atoms with Crippen molar-refractivity contribution in [3.05, 3.63) is 18.3 Å². The number of aliphatic hydroxyl groups is 1. The molecular weight excluding hydrogens is 263 g/mol. The normalized spacial score (nSPS) is 25.9. The molecule has 0 amide bonds. The molecule has 20 heavy (non-hydrogen) atoms. The van der Waals surface area contributed by atoms with Crippen LogP contribution in [0.15, 0.2) is 12.5 Å². The number of halogens is 1. The molecule has 0 spiro atoms.